The molecule has 0 unspecified atom stereocenters. The molecule has 3 aromatic heterocycles. The number of nitrogens with zero attached hydrogens (tertiary/aromatic N) is 4. The lowest BCUT2D eigenvalue weighted by Crippen LogP contribution is -2.32. The fraction of sp³-hybridized carbons (Fsp3) is 0.227. The standard InChI is InChI=1S/C22H21N5O3S/c1-3-27(12-19-24-18-9-5-4-7-16(18)20(28)25-19)22(29)17-8-6-10-23-21(17)31-13-15-11-14(2)30-26-15/h4-11H,3,12-13H2,1-2H3,(H,24,25,28). The van der Waals surface area contributed by atoms with Gasteiger partial charge in [-0.3, -0.25) is 9.59 Å². The van der Waals surface area contributed by atoms with E-state index in [1.54, 1.807) is 41.4 Å². The maximum atomic E-state index is 13.3. The van der Waals surface area contributed by atoms with Gasteiger partial charge in [-0.2, -0.15) is 0 Å². The molecule has 8 nitrogen and oxygen atoms in total. The van der Waals surface area contributed by atoms with Crippen molar-refractivity contribution in [3.05, 3.63) is 81.9 Å². The number of carbonyl (C=O) groups is 1. The van der Waals surface area contributed by atoms with E-state index in [4.69, 9.17) is 4.52 Å². The summed E-state index contributed by atoms with van der Waals surface area (Å²) >= 11 is 1.43. The average molecular weight is 436 g/mol. The summed E-state index contributed by atoms with van der Waals surface area (Å²) in [5, 5.41) is 5.12. The van der Waals surface area contributed by atoms with E-state index in [1.807, 2.05) is 26.0 Å². The molecule has 4 aromatic rings. The lowest BCUT2D eigenvalue weighted by molar-refractivity contribution is 0.0744. The summed E-state index contributed by atoms with van der Waals surface area (Å²) in [6.45, 7) is 4.37. The van der Waals surface area contributed by atoms with Crippen molar-refractivity contribution in [2.24, 2.45) is 0 Å². The number of H-pyrrole nitrogens is 1. The highest BCUT2D eigenvalue weighted by Crippen LogP contribution is 2.25. The maximum absolute atomic E-state index is 13.3. The summed E-state index contributed by atoms with van der Waals surface area (Å²) in [5.41, 5.74) is 1.67. The number of hydrogen-bond acceptors (Lipinski definition) is 7. The third-order valence-electron chi connectivity index (χ3n) is 4.71. The molecule has 0 bridgehead atoms. The van der Waals surface area contributed by atoms with E-state index in [0.717, 1.165) is 11.5 Å². The molecule has 4 rings (SSSR count). The van der Waals surface area contributed by atoms with Crippen molar-refractivity contribution < 1.29 is 9.32 Å². The number of carbonyl (C=O) groups excluding carboxylic acids is 1. The van der Waals surface area contributed by atoms with Gasteiger partial charge in [-0.05, 0) is 38.1 Å². The highest BCUT2D eigenvalue weighted by atomic mass is 32.2. The number of rotatable bonds is 7. The van der Waals surface area contributed by atoms with Gasteiger partial charge < -0.3 is 14.4 Å². The molecule has 0 radical (unpaired) electrons. The molecular formula is C22H21N5O3S. The Bertz CT molecular complexity index is 1280. The van der Waals surface area contributed by atoms with Crippen LogP contribution in [0.4, 0.5) is 0 Å². The Morgan fingerprint density at radius 3 is 2.84 bits per heavy atom. The van der Waals surface area contributed by atoms with E-state index >= 15 is 0 Å². The summed E-state index contributed by atoms with van der Waals surface area (Å²) in [6.07, 6.45) is 1.66. The zero-order valence-electron chi connectivity index (χ0n) is 17.2. The van der Waals surface area contributed by atoms with Gasteiger partial charge in [0.1, 0.15) is 16.6 Å². The number of amides is 1. The van der Waals surface area contributed by atoms with Crippen LogP contribution in [0.3, 0.4) is 0 Å². The summed E-state index contributed by atoms with van der Waals surface area (Å²) < 4.78 is 5.10. The first-order valence-electron chi connectivity index (χ1n) is 9.82. The highest BCUT2D eigenvalue weighted by Gasteiger charge is 2.20. The minimum atomic E-state index is -0.218. The predicted molar refractivity (Wildman–Crippen MR) is 118 cm³/mol. The molecule has 0 atom stereocenters. The molecule has 0 aliphatic carbocycles. The third-order valence-corrected chi connectivity index (χ3v) is 5.75. The zero-order chi connectivity index (χ0) is 21.8. The van der Waals surface area contributed by atoms with Crippen LogP contribution in [0.2, 0.25) is 0 Å². The Balaban J connectivity index is 1.56. The number of fused-ring (bicyclic) bond motifs is 1. The van der Waals surface area contributed by atoms with Crippen molar-refractivity contribution in [3.63, 3.8) is 0 Å². The quantitative estimate of drug-likeness (QED) is 0.442. The van der Waals surface area contributed by atoms with Crippen LogP contribution >= 0.6 is 11.8 Å². The van der Waals surface area contributed by atoms with Crippen LogP contribution in [-0.4, -0.2) is 37.5 Å². The Morgan fingerprint density at radius 2 is 2.06 bits per heavy atom. The maximum Gasteiger partial charge on any atom is 0.258 e. The van der Waals surface area contributed by atoms with Crippen LogP contribution in [0.1, 0.15) is 34.6 Å². The molecule has 0 aliphatic heterocycles. The van der Waals surface area contributed by atoms with Crippen molar-refractivity contribution >= 4 is 28.6 Å². The number of hydrogen-bond donors (Lipinski definition) is 1. The third kappa shape index (κ3) is 4.66. The monoisotopic (exact) mass is 435 g/mol. The number of aromatic nitrogens is 4. The molecule has 31 heavy (non-hydrogen) atoms. The van der Waals surface area contributed by atoms with E-state index in [-0.39, 0.29) is 18.0 Å². The first kappa shape index (κ1) is 20.8. The topological polar surface area (TPSA) is 105 Å². The minimum Gasteiger partial charge on any atom is -0.361 e. The SMILES string of the molecule is CCN(Cc1nc2ccccc2c(=O)[nH]1)C(=O)c1cccnc1SCc1cc(C)on1. The van der Waals surface area contributed by atoms with E-state index < -0.39 is 0 Å². The van der Waals surface area contributed by atoms with Gasteiger partial charge in [-0.25, -0.2) is 9.97 Å². The van der Waals surface area contributed by atoms with Crippen molar-refractivity contribution in [1.82, 2.24) is 25.0 Å². The molecule has 0 saturated carbocycles. The Hall–Kier alpha value is -3.46. The van der Waals surface area contributed by atoms with E-state index in [0.29, 0.717) is 39.6 Å². The van der Waals surface area contributed by atoms with Gasteiger partial charge >= 0.3 is 0 Å². The van der Waals surface area contributed by atoms with Gasteiger partial charge in [-0.15, -0.1) is 0 Å². The molecule has 158 valence electrons. The number of aromatic amines is 1. The van der Waals surface area contributed by atoms with Gasteiger partial charge in [0.15, 0.2) is 0 Å². The van der Waals surface area contributed by atoms with Crippen molar-refractivity contribution in [2.75, 3.05) is 6.54 Å². The van der Waals surface area contributed by atoms with E-state index in [9.17, 15) is 9.59 Å². The second kappa shape index (κ2) is 9.13. The predicted octanol–water partition coefficient (Wildman–Crippen LogP) is 3.57. The second-order valence-corrected chi connectivity index (χ2v) is 7.89. The zero-order valence-corrected chi connectivity index (χ0v) is 18.0. The molecule has 0 fully saturated rings. The van der Waals surface area contributed by atoms with Gasteiger partial charge in [0.25, 0.3) is 11.5 Å². The molecule has 3 heterocycles. The van der Waals surface area contributed by atoms with Crippen molar-refractivity contribution in [1.29, 1.82) is 0 Å². The largest absolute Gasteiger partial charge is 0.361 e. The normalized spacial score (nSPS) is 11.0. The van der Waals surface area contributed by atoms with Gasteiger partial charge in [0.05, 0.1) is 28.7 Å². The van der Waals surface area contributed by atoms with Crippen LogP contribution in [0.25, 0.3) is 10.9 Å². The summed E-state index contributed by atoms with van der Waals surface area (Å²) in [4.78, 5) is 39.0. The Morgan fingerprint density at radius 1 is 1.23 bits per heavy atom. The molecule has 0 aliphatic rings. The highest BCUT2D eigenvalue weighted by molar-refractivity contribution is 7.98. The van der Waals surface area contributed by atoms with Crippen LogP contribution in [0.5, 0.6) is 0 Å². The van der Waals surface area contributed by atoms with Crippen LogP contribution in [-0.2, 0) is 12.3 Å². The molecule has 1 aromatic carbocycles. The molecule has 1 N–H and O–H groups in total. The van der Waals surface area contributed by atoms with Crippen molar-refractivity contribution in [3.8, 4) is 0 Å². The Kier molecular flexibility index (Phi) is 6.13. The lowest BCUT2D eigenvalue weighted by atomic mass is 10.2. The fourth-order valence-corrected chi connectivity index (χ4v) is 4.05. The van der Waals surface area contributed by atoms with Gasteiger partial charge in [-0.1, -0.05) is 29.1 Å². The first-order chi connectivity index (χ1) is 15.0. The van der Waals surface area contributed by atoms with Crippen molar-refractivity contribution in [2.45, 2.75) is 31.2 Å². The number of benzene rings is 1. The minimum absolute atomic E-state index is 0.176. The fourth-order valence-electron chi connectivity index (χ4n) is 3.18. The number of aryl methyl sites for hydroxylation is 1. The van der Waals surface area contributed by atoms with Gasteiger partial charge in [0.2, 0.25) is 0 Å². The number of para-hydroxylation sites is 1. The molecule has 9 heteroatoms. The second-order valence-electron chi connectivity index (χ2n) is 6.92. The number of thioether (sulfide) groups is 1. The lowest BCUT2D eigenvalue weighted by Gasteiger charge is -2.21. The molecule has 0 saturated heterocycles. The number of nitrogens with one attached hydrogen (secondary N) is 1. The molecule has 0 spiro atoms. The summed E-state index contributed by atoms with van der Waals surface area (Å²) in [5.74, 6) is 1.54. The Labute approximate surface area is 182 Å². The summed E-state index contributed by atoms with van der Waals surface area (Å²) in [7, 11) is 0. The van der Waals surface area contributed by atoms with Crippen LogP contribution in [0, 0.1) is 6.92 Å². The van der Waals surface area contributed by atoms with Crippen LogP contribution < -0.4 is 5.56 Å². The number of pyridine rings is 1. The van der Waals surface area contributed by atoms with Crippen LogP contribution in [0.15, 0.2) is 63.0 Å². The smallest absolute Gasteiger partial charge is 0.258 e. The first-order valence-corrected chi connectivity index (χ1v) is 10.8. The molecule has 1 amide bonds. The molecular weight excluding hydrogens is 414 g/mol. The van der Waals surface area contributed by atoms with Gasteiger partial charge in [0, 0.05) is 24.6 Å². The van der Waals surface area contributed by atoms with E-state index in [2.05, 4.69) is 20.1 Å². The van der Waals surface area contributed by atoms with E-state index in [1.165, 1.54) is 11.8 Å². The average Bonchev–Trinajstić information content (AvgIpc) is 3.21. The summed E-state index contributed by atoms with van der Waals surface area (Å²) in [6, 6.07) is 12.5.